The van der Waals surface area contributed by atoms with E-state index >= 15 is 0 Å². The van der Waals surface area contributed by atoms with Gasteiger partial charge in [0, 0.05) is 11.8 Å². The maximum absolute atomic E-state index is 13.0. The summed E-state index contributed by atoms with van der Waals surface area (Å²) in [5.41, 5.74) is 0.135. The summed E-state index contributed by atoms with van der Waals surface area (Å²) in [6.45, 7) is 2.97. The van der Waals surface area contributed by atoms with Crippen LogP contribution in [0.2, 0.25) is 0 Å². The van der Waals surface area contributed by atoms with E-state index in [-0.39, 0.29) is 5.69 Å². The third kappa shape index (κ3) is 4.49. The fourth-order valence-electron chi connectivity index (χ4n) is 1.53. The number of carbonyl (C=O) groups excluding carboxylic acids is 2. The molecule has 0 saturated heterocycles. The van der Waals surface area contributed by atoms with Gasteiger partial charge in [0.2, 0.25) is 5.91 Å². The maximum atomic E-state index is 13.0. The predicted molar refractivity (Wildman–Crippen MR) is 69.1 cm³/mol. The molecule has 0 spiro atoms. The molecule has 1 aromatic rings. The lowest BCUT2D eigenvalue weighted by Crippen LogP contribution is -2.45. The molecule has 0 radical (unpaired) electrons. The molecule has 0 fully saturated rings. The molecule has 2 N–H and O–H groups in total. The van der Waals surface area contributed by atoms with Crippen LogP contribution in [0.15, 0.2) is 18.2 Å². The Bertz CT molecular complexity index is 488. The monoisotopic (exact) mass is 286 g/mol. The molecule has 2 atom stereocenters. The van der Waals surface area contributed by atoms with Gasteiger partial charge >= 0.3 is 5.97 Å². The number of halogens is 2. The van der Waals surface area contributed by atoms with Crippen molar-refractivity contribution in [3.05, 3.63) is 29.8 Å². The molecule has 0 heterocycles. The van der Waals surface area contributed by atoms with Crippen molar-refractivity contribution >= 4 is 17.6 Å². The molecule has 0 bridgehead atoms. The van der Waals surface area contributed by atoms with Crippen molar-refractivity contribution in [2.45, 2.75) is 25.9 Å². The van der Waals surface area contributed by atoms with Crippen LogP contribution >= 0.6 is 0 Å². The molecule has 1 unspecified atom stereocenters. The van der Waals surface area contributed by atoms with E-state index in [1.807, 2.05) is 0 Å². The quantitative estimate of drug-likeness (QED) is 0.804. The minimum atomic E-state index is -0.805. The van der Waals surface area contributed by atoms with Crippen molar-refractivity contribution < 1.29 is 23.1 Å². The third-order valence-electron chi connectivity index (χ3n) is 2.55. The zero-order valence-corrected chi connectivity index (χ0v) is 11.4. The largest absolute Gasteiger partial charge is 0.467 e. The van der Waals surface area contributed by atoms with Crippen LogP contribution in [0.1, 0.15) is 13.8 Å². The molecule has 0 aliphatic heterocycles. The zero-order chi connectivity index (χ0) is 15.3. The highest BCUT2D eigenvalue weighted by Gasteiger charge is 2.20. The van der Waals surface area contributed by atoms with Gasteiger partial charge < -0.3 is 15.4 Å². The SMILES string of the molecule is COC(=O)[C@H](C)NC(=O)C(C)Nc1cc(F)cc(F)c1. The van der Waals surface area contributed by atoms with E-state index in [1.165, 1.54) is 21.0 Å². The number of ether oxygens (including phenoxy) is 1. The van der Waals surface area contributed by atoms with Crippen molar-refractivity contribution in [2.24, 2.45) is 0 Å². The molecule has 0 saturated carbocycles. The number of methoxy groups -OCH3 is 1. The number of rotatable bonds is 5. The van der Waals surface area contributed by atoms with Gasteiger partial charge in [-0.05, 0) is 26.0 Å². The van der Waals surface area contributed by atoms with E-state index in [0.717, 1.165) is 18.2 Å². The number of hydrogen-bond donors (Lipinski definition) is 2. The first-order chi connectivity index (χ1) is 9.33. The summed E-state index contributed by atoms with van der Waals surface area (Å²) in [5, 5.41) is 5.06. The van der Waals surface area contributed by atoms with E-state index in [9.17, 15) is 18.4 Å². The molecule has 0 aliphatic carbocycles. The lowest BCUT2D eigenvalue weighted by atomic mass is 10.2. The Morgan fingerprint density at radius 1 is 1.10 bits per heavy atom. The number of anilines is 1. The van der Waals surface area contributed by atoms with Crippen LogP contribution in [0.5, 0.6) is 0 Å². The van der Waals surface area contributed by atoms with Gasteiger partial charge in [0.25, 0.3) is 0 Å². The van der Waals surface area contributed by atoms with Gasteiger partial charge in [-0.2, -0.15) is 0 Å². The molecule has 0 aromatic heterocycles. The Morgan fingerprint density at radius 3 is 2.15 bits per heavy atom. The number of hydrogen-bond acceptors (Lipinski definition) is 4. The lowest BCUT2D eigenvalue weighted by molar-refractivity contribution is -0.144. The number of esters is 1. The number of nitrogens with one attached hydrogen (secondary N) is 2. The van der Waals surface area contributed by atoms with Gasteiger partial charge in [0.15, 0.2) is 0 Å². The van der Waals surface area contributed by atoms with Crippen molar-refractivity contribution in [3.8, 4) is 0 Å². The van der Waals surface area contributed by atoms with E-state index < -0.39 is 35.6 Å². The van der Waals surface area contributed by atoms with Gasteiger partial charge in [-0.25, -0.2) is 13.6 Å². The Kier molecular flexibility index (Phi) is 5.42. The van der Waals surface area contributed by atoms with E-state index in [1.54, 1.807) is 0 Å². The average molecular weight is 286 g/mol. The van der Waals surface area contributed by atoms with Crippen LogP contribution in [0, 0.1) is 11.6 Å². The first-order valence-electron chi connectivity index (χ1n) is 5.94. The van der Waals surface area contributed by atoms with Crippen LogP contribution < -0.4 is 10.6 Å². The molecule has 1 amide bonds. The van der Waals surface area contributed by atoms with Crippen LogP contribution in [0.3, 0.4) is 0 Å². The first-order valence-corrected chi connectivity index (χ1v) is 5.94. The highest BCUT2D eigenvalue weighted by Crippen LogP contribution is 2.13. The first kappa shape index (κ1) is 15.9. The second-order valence-electron chi connectivity index (χ2n) is 4.28. The molecule has 20 heavy (non-hydrogen) atoms. The maximum Gasteiger partial charge on any atom is 0.328 e. The highest BCUT2D eigenvalue weighted by atomic mass is 19.1. The van der Waals surface area contributed by atoms with Crippen LogP contribution in [0.4, 0.5) is 14.5 Å². The molecule has 110 valence electrons. The Balaban J connectivity index is 2.63. The van der Waals surface area contributed by atoms with Crippen LogP contribution in [0.25, 0.3) is 0 Å². The second-order valence-corrected chi connectivity index (χ2v) is 4.28. The van der Waals surface area contributed by atoms with Crippen molar-refractivity contribution in [1.29, 1.82) is 0 Å². The number of carbonyl (C=O) groups is 2. The van der Waals surface area contributed by atoms with E-state index in [2.05, 4.69) is 15.4 Å². The summed E-state index contributed by atoms with van der Waals surface area (Å²) in [6.07, 6.45) is 0. The van der Waals surface area contributed by atoms with Crippen molar-refractivity contribution in [2.75, 3.05) is 12.4 Å². The summed E-state index contributed by atoms with van der Waals surface area (Å²) in [5.74, 6) is -2.57. The third-order valence-corrected chi connectivity index (χ3v) is 2.55. The standard InChI is InChI=1S/C13H16F2N2O3/c1-7(12(18)17-8(2)13(19)20-3)16-11-5-9(14)4-10(15)6-11/h4-8,16H,1-3H3,(H,17,18)/t7?,8-/m0/s1. The Labute approximate surface area is 115 Å². The topological polar surface area (TPSA) is 67.4 Å². The Hall–Kier alpha value is -2.18. The van der Waals surface area contributed by atoms with Crippen LogP contribution in [-0.2, 0) is 14.3 Å². The normalized spacial score (nSPS) is 13.2. The molecular weight excluding hydrogens is 270 g/mol. The average Bonchev–Trinajstić information content (AvgIpc) is 2.36. The summed E-state index contributed by atoms with van der Waals surface area (Å²) in [4.78, 5) is 22.9. The highest BCUT2D eigenvalue weighted by molar-refractivity contribution is 5.88. The van der Waals surface area contributed by atoms with E-state index in [0.29, 0.717) is 0 Å². The minimum absolute atomic E-state index is 0.135. The molecule has 7 heteroatoms. The summed E-state index contributed by atoms with van der Waals surface area (Å²) >= 11 is 0. The summed E-state index contributed by atoms with van der Waals surface area (Å²) in [6, 6.07) is 1.28. The van der Waals surface area contributed by atoms with Gasteiger partial charge in [-0.1, -0.05) is 0 Å². The minimum Gasteiger partial charge on any atom is -0.467 e. The number of amides is 1. The molecule has 1 rings (SSSR count). The van der Waals surface area contributed by atoms with Crippen molar-refractivity contribution in [1.82, 2.24) is 5.32 Å². The fourth-order valence-corrected chi connectivity index (χ4v) is 1.53. The lowest BCUT2D eigenvalue weighted by Gasteiger charge is -2.18. The zero-order valence-electron chi connectivity index (χ0n) is 11.4. The summed E-state index contributed by atoms with van der Waals surface area (Å²) < 4.78 is 30.5. The molecule has 1 aromatic carbocycles. The van der Waals surface area contributed by atoms with Crippen LogP contribution in [-0.4, -0.2) is 31.1 Å². The van der Waals surface area contributed by atoms with Gasteiger partial charge in [-0.15, -0.1) is 0 Å². The van der Waals surface area contributed by atoms with Crippen molar-refractivity contribution in [3.63, 3.8) is 0 Å². The van der Waals surface area contributed by atoms with E-state index in [4.69, 9.17) is 0 Å². The molecular formula is C13H16F2N2O3. The Morgan fingerprint density at radius 2 is 1.65 bits per heavy atom. The molecule has 5 nitrogen and oxygen atoms in total. The summed E-state index contributed by atoms with van der Waals surface area (Å²) in [7, 11) is 1.21. The fraction of sp³-hybridized carbons (Fsp3) is 0.385. The van der Waals surface area contributed by atoms with Gasteiger partial charge in [0.05, 0.1) is 7.11 Å². The smallest absolute Gasteiger partial charge is 0.328 e. The second kappa shape index (κ2) is 6.83. The predicted octanol–water partition coefficient (Wildman–Crippen LogP) is 1.44. The number of benzene rings is 1. The van der Waals surface area contributed by atoms with Gasteiger partial charge in [-0.3, -0.25) is 4.79 Å². The molecule has 0 aliphatic rings. The van der Waals surface area contributed by atoms with Gasteiger partial charge in [0.1, 0.15) is 23.7 Å².